The Bertz CT molecular complexity index is 248. The molecule has 0 aromatic carbocycles. The van der Waals surface area contributed by atoms with Crippen LogP contribution in [-0.2, 0) is 4.79 Å². The van der Waals surface area contributed by atoms with Crippen LogP contribution in [0.3, 0.4) is 0 Å². The van der Waals surface area contributed by atoms with E-state index in [1.54, 1.807) is 0 Å². The zero-order valence-corrected chi connectivity index (χ0v) is 10.1. The standard InChI is InChI=1S/C11H20BN2O2/c1-3-5-9(2)10-6-4-7-14(10)11(16)12-13-8-15/h8-10H,3-7H2,1-2H3,(H,13,15). The van der Waals surface area contributed by atoms with Gasteiger partial charge in [-0.25, -0.2) is 0 Å². The molecule has 16 heavy (non-hydrogen) atoms. The summed E-state index contributed by atoms with van der Waals surface area (Å²) < 4.78 is 0. The number of nitrogens with one attached hydrogen (secondary N) is 1. The molecule has 1 N–H and O–H groups in total. The minimum absolute atomic E-state index is 0.0717. The van der Waals surface area contributed by atoms with Gasteiger partial charge in [0.1, 0.15) is 0 Å². The van der Waals surface area contributed by atoms with Crippen LogP contribution >= 0.6 is 0 Å². The molecule has 0 saturated carbocycles. The van der Waals surface area contributed by atoms with Crippen LogP contribution in [0.4, 0.5) is 4.79 Å². The molecule has 0 aromatic heterocycles. The van der Waals surface area contributed by atoms with Crippen molar-refractivity contribution in [1.29, 1.82) is 0 Å². The van der Waals surface area contributed by atoms with Gasteiger partial charge in [-0.1, -0.05) is 20.3 Å². The van der Waals surface area contributed by atoms with Crippen LogP contribution < -0.4 is 5.23 Å². The molecule has 1 radical (unpaired) electrons. The highest BCUT2D eigenvalue weighted by Crippen LogP contribution is 2.26. The topological polar surface area (TPSA) is 49.4 Å². The van der Waals surface area contributed by atoms with Gasteiger partial charge in [-0.05, 0) is 25.2 Å². The van der Waals surface area contributed by atoms with E-state index >= 15 is 0 Å². The average molecular weight is 223 g/mol. The molecular formula is C11H20BN2O2. The van der Waals surface area contributed by atoms with E-state index in [1.165, 1.54) is 7.41 Å². The van der Waals surface area contributed by atoms with Crippen molar-refractivity contribution in [2.45, 2.75) is 45.6 Å². The number of carbonyl (C=O) groups excluding carboxylic acids is 2. The Balaban J connectivity index is 2.50. The third kappa shape index (κ3) is 3.25. The van der Waals surface area contributed by atoms with Crippen molar-refractivity contribution < 1.29 is 9.59 Å². The molecule has 1 heterocycles. The quantitative estimate of drug-likeness (QED) is 0.546. The molecule has 4 nitrogen and oxygen atoms in total. The van der Waals surface area contributed by atoms with E-state index in [0.717, 1.165) is 32.2 Å². The average Bonchev–Trinajstić information content (AvgIpc) is 2.75. The smallest absolute Gasteiger partial charge is 0.364 e. The molecule has 2 amide bonds. The predicted octanol–water partition coefficient (Wildman–Crippen LogP) is 1.37. The van der Waals surface area contributed by atoms with E-state index in [-0.39, 0.29) is 5.81 Å². The summed E-state index contributed by atoms with van der Waals surface area (Å²) in [6, 6.07) is 0.345. The first-order chi connectivity index (χ1) is 7.70. The Morgan fingerprint density at radius 1 is 1.69 bits per heavy atom. The maximum absolute atomic E-state index is 11.8. The van der Waals surface area contributed by atoms with E-state index in [2.05, 4.69) is 19.1 Å². The third-order valence-corrected chi connectivity index (χ3v) is 3.26. The fourth-order valence-corrected chi connectivity index (χ4v) is 2.49. The Morgan fingerprint density at radius 2 is 2.44 bits per heavy atom. The summed E-state index contributed by atoms with van der Waals surface area (Å²) in [7, 11) is 1.25. The number of rotatable bonds is 6. The zero-order chi connectivity index (χ0) is 12.0. The number of amides is 2. The van der Waals surface area contributed by atoms with Crippen molar-refractivity contribution in [1.82, 2.24) is 10.1 Å². The minimum Gasteiger partial charge on any atom is -0.397 e. The molecule has 89 valence electrons. The first kappa shape index (κ1) is 13.1. The van der Waals surface area contributed by atoms with E-state index in [4.69, 9.17) is 0 Å². The number of carbonyl (C=O) groups is 2. The lowest BCUT2D eigenvalue weighted by atomic mass is 9.89. The first-order valence-corrected chi connectivity index (χ1v) is 6.04. The second-order valence-electron chi connectivity index (χ2n) is 4.44. The van der Waals surface area contributed by atoms with Crippen molar-refractivity contribution in [3.63, 3.8) is 0 Å². The fourth-order valence-electron chi connectivity index (χ4n) is 2.49. The van der Waals surface area contributed by atoms with E-state index in [9.17, 15) is 9.59 Å². The monoisotopic (exact) mass is 223 g/mol. The Kier molecular flexibility index (Phi) is 5.36. The molecule has 0 bridgehead atoms. The number of hydrogen-bond acceptors (Lipinski definition) is 2. The minimum atomic E-state index is -0.0717. The Labute approximate surface area is 98.0 Å². The maximum atomic E-state index is 11.8. The van der Waals surface area contributed by atoms with Crippen LogP contribution in [0.1, 0.15) is 39.5 Å². The predicted molar refractivity (Wildman–Crippen MR) is 64.1 cm³/mol. The van der Waals surface area contributed by atoms with Gasteiger partial charge in [0.2, 0.25) is 0 Å². The first-order valence-electron chi connectivity index (χ1n) is 6.04. The lowest BCUT2D eigenvalue weighted by Crippen LogP contribution is -2.44. The van der Waals surface area contributed by atoms with Gasteiger partial charge in [0.25, 0.3) is 0 Å². The van der Waals surface area contributed by atoms with Crippen LogP contribution in [0.25, 0.3) is 0 Å². The summed E-state index contributed by atoms with van der Waals surface area (Å²) in [6.45, 7) is 5.18. The zero-order valence-electron chi connectivity index (χ0n) is 10.1. The Hall–Kier alpha value is -0.995. The number of hydrogen-bond donors (Lipinski definition) is 1. The molecule has 2 atom stereocenters. The lowest BCUT2D eigenvalue weighted by molar-refractivity contribution is -0.108. The molecule has 1 rings (SSSR count). The molecule has 0 aromatic rings. The molecule has 2 unspecified atom stereocenters. The van der Waals surface area contributed by atoms with Gasteiger partial charge < -0.3 is 10.1 Å². The van der Waals surface area contributed by atoms with Gasteiger partial charge >= 0.3 is 7.41 Å². The van der Waals surface area contributed by atoms with Crippen LogP contribution in [0.2, 0.25) is 0 Å². The number of nitrogens with zero attached hydrogens (tertiary/aromatic N) is 1. The summed E-state index contributed by atoms with van der Waals surface area (Å²) in [4.78, 5) is 23.8. The van der Waals surface area contributed by atoms with Gasteiger partial charge in [0.15, 0.2) is 12.2 Å². The maximum Gasteiger partial charge on any atom is 0.364 e. The Morgan fingerprint density at radius 3 is 3.06 bits per heavy atom. The van der Waals surface area contributed by atoms with Crippen LogP contribution in [-0.4, -0.2) is 37.1 Å². The van der Waals surface area contributed by atoms with E-state index < -0.39 is 0 Å². The summed E-state index contributed by atoms with van der Waals surface area (Å²) in [6.07, 6.45) is 4.98. The highest BCUT2D eigenvalue weighted by atomic mass is 16.2. The van der Waals surface area contributed by atoms with Crippen molar-refractivity contribution in [3.05, 3.63) is 0 Å². The summed E-state index contributed by atoms with van der Waals surface area (Å²) >= 11 is 0. The van der Waals surface area contributed by atoms with E-state index in [1.807, 2.05) is 4.90 Å². The fraction of sp³-hybridized carbons (Fsp3) is 0.818. The van der Waals surface area contributed by atoms with Gasteiger partial charge in [0.05, 0.1) is 0 Å². The largest absolute Gasteiger partial charge is 0.397 e. The highest BCUT2D eigenvalue weighted by Gasteiger charge is 2.32. The van der Waals surface area contributed by atoms with Crippen molar-refractivity contribution in [2.75, 3.05) is 6.54 Å². The molecule has 5 heteroatoms. The van der Waals surface area contributed by atoms with Crippen molar-refractivity contribution in [3.8, 4) is 0 Å². The summed E-state index contributed by atoms with van der Waals surface area (Å²) in [5.41, 5.74) is 0. The SMILES string of the molecule is CCCC(C)C1CCCN1C(=O)[B]NC=O. The molecule has 1 saturated heterocycles. The second-order valence-corrected chi connectivity index (χ2v) is 4.44. The number of likely N-dealkylation sites (tertiary alicyclic amines) is 1. The highest BCUT2D eigenvalue weighted by molar-refractivity contribution is 6.72. The molecular weight excluding hydrogens is 203 g/mol. The second kappa shape index (κ2) is 6.56. The van der Waals surface area contributed by atoms with Crippen molar-refractivity contribution >= 4 is 19.6 Å². The van der Waals surface area contributed by atoms with Gasteiger partial charge in [0, 0.05) is 12.6 Å². The molecule has 1 fully saturated rings. The van der Waals surface area contributed by atoms with Gasteiger partial charge in [-0.3, -0.25) is 9.59 Å². The molecule has 1 aliphatic rings. The lowest BCUT2D eigenvalue weighted by Gasteiger charge is -2.29. The molecule has 1 aliphatic heterocycles. The molecule has 0 spiro atoms. The van der Waals surface area contributed by atoms with E-state index in [0.29, 0.717) is 18.4 Å². The third-order valence-electron chi connectivity index (χ3n) is 3.26. The van der Waals surface area contributed by atoms with Gasteiger partial charge in [-0.15, -0.1) is 0 Å². The van der Waals surface area contributed by atoms with Crippen LogP contribution in [0.5, 0.6) is 0 Å². The van der Waals surface area contributed by atoms with Gasteiger partial charge in [-0.2, -0.15) is 0 Å². The van der Waals surface area contributed by atoms with Crippen LogP contribution in [0, 0.1) is 5.92 Å². The summed E-state index contributed by atoms with van der Waals surface area (Å²) in [5.74, 6) is 0.471. The normalized spacial score (nSPS) is 21.6. The summed E-state index contributed by atoms with van der Waals surface area (Å²) in [5, 5.41) is 2.32. The van der Waals surface area contributed by atoms with Crippen molar-refractivity contribution in [2.24, 2.45) is 5.92 Å². The molecule has 0 aliphatic carbocycles. The van der Waals surface area contributed by atoms with Crippen LogP contribution in [0.15, 0.2) is 0 Å².